The van der Waals surface area contributed by atoms with Gasteiger partial charge in [0.1, 0.15) is 5.03 Å². The van der Waals surface area contributed by atoms with Crippen molar-refractivity contribution < 1.29 is 4.79 Å². The van der Waals surface area contributed by atoms with E-state index in [0.717, 1.165) is 41.8 Å². The summed E-state index contributed by atoms with van der Waals surface area (Å²) < 4.78 is 0. The summed E-state index contributed by atoms with van der Waals surface area (Å²) in [5.74, 6) is 2.70. The molecule has 1 amide bonds. The topological polar surface area (TPSA) is 33.2 Å². The average Bonchev–Trinajstić information content (AvgIpc) is 3.00. The molecule has 0 radical (unpaired) electrons. The molecule has 0 N–H and O–H groups in total. The smallest absolute Gasteiger partial charge is 0.256 e. The molecule has 1 saturated carbocycles. The molecule has 3 nitrogen and oxygen atoms in total. The highest BCUT2D eigenvalue weighted by Crippen LogP contribution is 2.31. The molecule has 2 fully saturated rings. The van der Waals surface area contributed by atoms with Crippen molar-refractivity contribution in [2.24, 2.45) is 11.8 Å². The number of aromatic nitrogens is 1. The van der Waals surface area contributed by atoms with Crippen LogP contribution in [-0.2, 0) is 0 Å². The lowest BCUT2D eigenvalue weighted by molar-refractivity contribution is 0.0784. The fraction of sp³-hybridized carbons (Fsp3) is 0.667. The summed E-state index contributed by atoms with van der Waals surface area (Å²) in [5, 5.41) is 0.928. The SMILES string of the molecule is CC1CCN(C(=O)c2cccnc2SCC2CCCCC2)C1. The fourth-order valence-corrected chi connectivity index (χ4v) is 4.68. The first kappa shape index (κ1) is 15.9. The van der Waals surface area contributed by atoms with Gasteiger partial charge in [-0.25, -0.2) is 4.98 Å². The van der Waals surface area contributed by atoms with Gasteiger partial charge in [-0.3, -0.25) is 4.79 Å². The van der Waals surface area contributed by atoms with E-state index in [0.29, 0.717) is 5.92 Å². The number of rotatable bonds is 4. The third-order valence-electron chi connectivity index (χ3n) is 4.89. The van der Waals surface area contributed by atoms with Crippen LogP contribution in [0.3, 0.4) is 0 Å². The Hall–Kier alpha value is -1.03. The lowest BCUT2D eigenvalue weighted by atomic mass is 9.91. The molecule has 0 spiro atoms. The number of hydrogen-bond donors (Lipinski definition) is 0. The summed E-state index contributed by atoms with van der Waals surface area (Å²) in [6.07, 6.45) is 9.74. The van der Waals surface area contributed by atoms with Gasteiger partial charge in [0.05, 0.1) is 5.56 Å². The van der Waals surface area contributed by atoms with Crippen LogP contribution in [0.1, 0.15) is 55.8 Å². The number of amides is 1. The Morgan fingerprint density at radius 2 is 2.14 bits per heavy atom. The number of carbonyl (C=O) groups is 1. The minimum Gasteiger partial charge on any atom is -0.338 e. The van der Waals surface area contributed by atoms with E-state index in [-0.39, 0.29) is 5.91 Å². The van der Waals surface area contributed by atoms with Crippen LogP contribution in [0.15, 0.2) is 23.4 Å². The first-order valence-corrected chi connectivity index (χ1v) is 9.59. The third kappa shape index (κ3) is 3.83. The van der Waals surface area contributed by atoms with Crippen LogP contribution in [0.2, 0.25) is 0 Å². The number of hydrogen-bond acceptors (Lipinski definition) is 3. The van der Waals surface area contributed by atoms with Gasteiger partial charge in [0.15, 0.2) is 0 Å². The first-order chi connectivity index (χ1) is 10.7. The molecule has 2 heterocycles. The molecule has 0 aromatic carbocycles. The van der Waals surface area contributed by atoms with Crippen LogP contribution in [-0.4, -0.2) is 34.6 Å². The maximum atomic E-state index is 12.7. The Bertz CT molecular complexity index is 514. The zero-order valence-electron chi connectivity index (χ0n) is 13.5. The molecule has 1 aromatic heterocycles. The molecule has 1 saturated heterocycles. The highest BCUT2D eigenvalue weighted by molar-refractivity contribution is 7.99. The fourth-order valence-electron chi connectivity index (χ4n) is 3.51. The minimum absolute atomic E-state index is 0.170. The van der Waals surface area contributed by atoms with Gasteiger partial charge in [0.2, 0.25) is 0 Å². The van der Waals surface area contributed by atoms with Crippen molar-refractivity contribution in [2.45, 2.75) is 50.5 Å². The van der Waals surface area contributed by atoms with Crippen molar-refractivity contribution >= 4 is 17.7 Å². The summed E-state index contributed by atoms with van der Waals surface area (Å²) in [5.41, 5.74) is 0.803. The summed E-state index contributed by atoms with van der Waals surface area (Å²) in [7, 11) is 0. The Labute approximate surface area is 137 Å². The van der Waals surface area contributed by atoms with Gasteiger partial charge < -0.3 is 4.90 Å². The second-order valence-electron chi connectivity index (χ2n) is 6.82. The molecule has 1 aliphatic heterocycles. The predicted octanol–water partition coefficient (Wildman–Crippen LogP) is 4.24. The van der Waals surface area contributed by atoms with Gasteiger partial charge >= 0.3 is 0 Å². The highest BCUT2D eigenvalue weighted by Gasteiger charge is 2.26. The van der Waals surface area contributed by atoms with Gasteiger partial charge in [0, 0.05) is 25.0 Å². The van der Waals surface area contributed by atoms with E-state index >= 15 is 0 Å². The van der Waals surface area contributed by atoms with E-state index in [1.807, 2.05) is 23.2 Å². The van der Waals surface area contributed by atoms with Gasteiger partial charge in [0.25, 0.3) is 5.91 Å². The van der Waals surface area contributed by atoms with Crippen molar-refractivity contribution in [2.75, 3.05) is 18.8 Å². The van der Waals surface area contributed by atoms with Crippen LogP contribution >= 0.6 is 11.8 Å². The quantitative estimate of drug-likeness (QED) is 0.779. The molecule has 22 heavy (non-hydrogen) atoms. The predicted molar refractivity (Wildman–Crippen MR) is 91.2 cm³/mol. The van der Waals surface area contributed by atoms with E-state index < -0.39 is 0 Å². The molecule has 0 bridgehead atoms. The van der Waals surface area contributed by atoms with E-state index in [1.165, 1.54) is 32.1 Å². The zero-order valence-corrected chi connectivity index (χ0v) is 14.3. The number of likely N-dealkylation sites (tertiary alicyclic amines) is 1. The first-order valence-electron chi connectivity index (χ1n) is 8.61. The van der Waals surface area contributed by atoms with Crippen molar-refractivity contribution in [1.82, 2.24) is 9.88 Å². The van der Waals surface area contributed by atoms with Crippen LogP contribution in [0.25, 0.3) is 0 Å². The molecule has 120 valence electrons. The zero-order chi connectivity index (χ0) is 15.4. The van der Waals surface area contributed by atoms with E-state index in [1.54, 1.807) is 11.8 Å². The molecular formula is C18H26N2OS. The lowest BCUT2D eigenvalue weighted by Gasteiger charge is -2.22. The third-order valence-corrected chi connectivity index (χ3v) is 6.13. The van der Waals surface area contributed by atoms with Crippen molar-refractivity contribution in [1.29, 1.82) is 0 Å². The molecule has 1 unspecified atom stereocenters. The molecule has 1 aromatic rings. The Morgan fingerprint density at radius 3 is 2.86 bits per heavy atom. The largest absolute Gasteiger partial charge is 0.338 e. The summed E-state index contributed by atoms with van der Waals surface area (Å²) in [4.78, 5) is 19.2. The number of pyridine rings is 1. The Balaban J connectivity index is 1.65. The standard InChI is InChI=1S/C18H26N2OS/c1-14-9-11-20(12-14)18(21)16-8-5-10-19-17(16)22-13-15-6-3-2-4-7-15/h5,8,10,14-15H,2-4,6-7,9,11-13H2,1H3. The normalized spacial score (nSPS) is 23.0. The van der Waals surface area contributed by atoms with Crippen molar-refractivity contribution in [3.05, 3.63) is 23.9 Å². The maximum Gasteiger partial charge on any atom is 0.256 e. The van der Waals surface area contributed by atoms with E-state index in [2.05, 4.69) is 11.9 Å². The molecule has 1 aliphatic carbocycles. The molecule has 4 heteroatoms. The van der Waals surface area contributed by atoms with Crippen molar-refractivity contribution in [3.8, 4) is 0 Å². The number of thioether (sulfide) groups is 1. The highest BCUT2D eigenvalue weighted by atomic mass is 32.2. The molecule has 3 rings (SSSR count). The number of nitrogens with zero attached hydrogens (tertiary/aromatic N) is 2. The molecule has 1 atom stereocenters. The number of carbonyl (C=O) groups excluding carboxylic acids is 1. The monoisotopic (exact) mass is 318 g/mol. The van der Waals surface area contributed by atoms with Gasteiger partial charge in [-0.2, -0.15) is 0 Å². The summed E-state index contributed by atoms with van der Waals surface area (Å²) in [6, 6.07) is 3.83. The van der Waals surface area contributed by atoms with Crippen LogP contribution in [0.4, 0.5) is 0 Å². The Kier molecular flexibility index (Phi) is 5.40. The van der Waals surface area contributed by atoms with Crippen LogP contribution in [0.5, 0.6) is 0 Å². The van der Waals surface area contributed by atoms with Crippen LogP contribution < -0.4 is 0 Å². The second kappa shape index (κ2) is 7.49. The van der Waals surface area contributed by atoms with Gasteiger partial charge in [-0.15, -0.1) is 11.8 Å². The lowest BCUT2D eigenvalue weighted by Crippen LogP contribution is -2.29. The van der Waals surface area contributed by atoms with E-state index in [9.17, 15) is 4.79 Å². The second-order valence-corrected chi connectivity index (χ2v) is 7.82. The minimum atomic E-state index is 0.170. The van der Waals surface area contributed by atoms with Crippen LogP contribution in [0, 0.1) is 11.8 Å². The van der Waals surface area contributed by atoms with Gasteiger partial charge in [-0.1, -0.05) is 26.2 Å². The van der Waals surface area contributed by atoms with Gasteiger partial charge in [-0.05, 0) is 43.2 Å². The summed E-state index contributed by atoms with van der Waals surface area (Å²) in [6.45, 7) is 4.00. The molecular weight excluding hydrogens is 292 g/mol. The maximum absolute atomic E-state index is 12.7. The van der Waals surface area contributed by atoms with E-state index in [4.69, 9.17) is 0 Å². The van der Waals surface area contributed by atoms with Crippen molar-refractivity contribution in [3.63, 3.8) is 0 Å². The summed E-state index contributed by atoms with van der Waals surface area (Å²) >= 11 is 1.78. The Morgan fingerprint density at radius 1 is 1.32 bits per heavy atom. The molecule has 2 aliphatic rings. The average molecular weight is 318 g/mol.